The molecule has 0 aliphatic rings. The number of carbonyl (C=O) groups is 1. The first kappa shape index (κ1) is 16.6. The summed E-state index contributed by atoms with van der Waals surface area (Å²) in [5.41, 5.74) is 1.76. The van der Waals surface area contributed by atoms with Crippen LogP contribution in [-0.2, 0) is 17.8 Å². The van der Waals surface area contributed by atoms with Crippen LogP contribution >= 0.6 is 0 Å². The Morgan fingerprint density at radius 1 is 1.20 bits per heavy atom. The highest BCUT2D eigenvalue weighted by Gasteiger charge is 2.05. The Morgan fingerprint density at radius 2 is 2.04 bits per heavy atom. The van der Waals surface area contributed by atoms with E-state index in [9.17, 15) is 4.79 Å². The standard InChI is InChI=1S/C18H18N4O3/c1-13-21-22-18(25-13)12-24-16-7-5-15(6-8-16)20-17(23)9-4-14-3-2-10-19-11-14/h2-3,5-8,10-11H,4,9,12H2,1H3,(H,20,23). The largest absolute Gasteiger partial charge is 0.484 e. The summed E-state index contributed by atoms with van der Waals surface area (Å²) < 4.78 is 10.8. The van der Waals surface area contributed by atoms with Crippen molar-refractivity contribution in [1.82, 2.24) is 15.2 Å². The van der Waals surface area contributed by atoms with Crippen molar-refractivity contribution in [3.63, 3.8) is 0 Å². The fourth-order valence-corrected chi connectivity index (χ4v) is 2.20. The Kier molecular flexibility index (Phi) is 5.36. The zero-order valence-corrected chi connectivity index (χ0v) is 13.8. The molecule has 2 aromatic heterocycles. The maximum atomic E-state index is 12.0. The fourth-order valence-electron chi connectivity index (χ4n) is 2.20. The average Bonchev–Trinajstić information content (AvgIpc) is 3.06. The van der Waals surface area contributed by atoms with E-state index >= 15 is 0 Å². The van der Waals surface area contributed by atoms with E-state index in [1.165, 1.54) is 0 Å². The first-order chi connectivity index (χ1) is 12.2. The Bertz CT molecular complexity index is 816. The zero-order valence-electron chi connectivity index (χ0n) is 13.8. The first-order valence-corrected chi connectivity index (χ1v) is 7.89. The molecule has 25 heavy (non-hydrogen) atoms. The predicted molar refractivity (Wildman–Crippen MR) is 91.0 cm³/mol. The van der Waals surface area contributed by atoms with E-state index in [1.54, 1.807) is 43.6 Å². The molecule has 3 aromatic rings. The van der Waals surface area contributed by atoms with Gasteiger partial charge in [-0.05, 0) is 42.3 Å². The van der Waals surface area contributed by atoms with Gasteiger partial charge in [-0.15, -0.1) is 10.2 Å². The van der Waals surface area contributed by atoms with Crippen molar-refractivity contribution in [2.75, 3.05) is 5.32 Å². The van der Waals surface area contributed by atoms with Gasteiger partial charge in [-0.3, -0.25) is 9.78 Å². The minimum atomic E-state index is -0.0427. The van der Waals surface area contributed by atoms with Crippen LogP contribution in [0.5, 0.6) is 5.75 Å². The molecule has 1 aromatic carbocycles. The number of carbonyl (C=O) groups excluding carboxylic acids is 1. The smallest absolute Gasteiger partial charge is 0.253 e. The van der Waals surface area contributed by atoms with Gasteiger partial charge in [0.1, 0.15) is 5.75 Å². The molecular formula is C18H18N4O3. The average molecular weight is 338 g/mol. The molecule has 0 unspecified atom stereocenters. The molecule has 0 spiro atoms. The summed E-state index contributed by atoms with van der Waals surface area (Å²) in [5, 5.41) is 10.5. The lowest BCUT2D eigenvalue weighted by Crippen LogP contribution is -2.12. The van der Waals surface area contributed by atoms with Crippen molar-refractivity contribution in [2.24, 2.45) is 0 Å². The molecule has 0 aliphatic heterocycles. The Morgan fingerprint density at radius 3 is 2.72 bits per heavy atom. The van der Waals surface area contributed by atoms with Gasteiger partial charge in [0, 0.05) is 31.4 Å². The lowest BCUT2D eigenvalue weighted by Gasteiger charge is -2.07. The van der Waals surface area contributed by atoms with E-state index in [1.807, 2.05) is 12.1 Å². The molecule has 0 aliphatic carbocycles. The highest BCUT2D eigenvalue weighted by Crippen LogP contribution is 2.17. The number of hydrogen-bond donors (Lipinski definition) is 1. The van der Waals surface area contributed by atoms with Crippen LogP contribution in [0.3, 0.4) is 0 Å². The zero-order chi connectivity index (χ0) is 17.5. The molecule has 7 nitrogen and oxygen atoms in total. The second kappa shape index (κ2) is 8.05. The van der Waals surface area contributed by atoms with Gasteiger partial charge in [0.25, 0.3) is 5.89 Å². The van der Waals surface area contributed by atoms with E-state index in [0.29, 0.717) is 30.4 Å². The van der Waals surface area contributed by atoms with E-state index < -0.39 is 0 Å². The number of anilines is 1. The van der Waals surface area contributed by atoms with Crippen molar-refractivity contribution >= 4 is 11.6 Å². The van der Waals surface area contributed by atoms with Crippen molar-refractivity contribution < 1.29 is 13.9 Å². The maximum absolute atomic E-state index is 12.0. The van der Waals surface area contributed by atoms with Crippen molar-refractivity contribution in [3.05, 3.63) is 66.1 Å². The fraction of sp³-hybridized carbons (Fsp3) is 0.222. The minimum absolute atomic E-state index is 0.0427. The highest BCUT2D eigenvalue weighted by atomic mass is 16.5. The molecule has 1 N–H and O–H groups in total. The predicted octanol–water partition coefficient (Wildman–Crippen LogP) is 2.92. The number of pyridine rings is 1. The van der Waals surface area contributed by atoms with Crippen molar-refractivity contribution in [3.8, 4) is 5.75 Å². The van der Waals surface area contributed by atoms with Crippen LogP contribution in [0.25, 0.3) is 0 Å². The van der Waals surface area contributed by atoms with Crippen LogP contribution in [-0.4, -0.2) is 21.1 Å². The molecular weight excluding hydrogens is 320 g/mol. The highest BCUT2D eigenvalue weighted by molar-refractivity contribution is 5.90. The second-order valence-electron chi connectivity index (χ2n) is 5.44. The second-order valence-corrected chi connectivity index (χ2v) is 5.44. The van der Waals surface area contributed by atoms with Gasteiger partial charge in [-0.25, -0.2) is 0 Å². The Hall–Kier alpha value is -3.22. The number of benzene rings is 1. The molecule has 0 fully saturated rings. The van der Waals surface area contributed by atoms with Crippen LogP contribution in [0, 0.1) is 6.92 Å². The number of ether oxygens (including phenoxy) is 1. The van der Waals surface area contributed by atoms with Gasteiger partial charge in [-0.2, -0.15) is 0 Å². The van der Waals surface area contributed by atoms with Crippen molar-refractivity contribution in [2.45, 2.75) is 26.4 Å². The Balaban J connectivity index is 1.46. The Labute approximate surface area is 145 Å². The van der Waals surface area contributed by atoms with Crippen LogP contribution in [0.2, 0.25) is 0 Å². The molecule has 0 radical (unpaired) electrons. The number of amides is 1. The summed E-state index contributed by atoms with van der Waals surface area (Å²) in [7, 11) is 0. The van der Waals surface area contributed by atoms with Crippen LogP contribution < -0.4 is 10.1 Å². The first-order valence-electron chi connectivity index (χ1n) is 7.89. The summed E-state index contributed by atoms with van der Waals surface area (Å²) in [4.78, 5) is 16.0. The molecule has 3 rings (SSSR count). The summed E-state index contributed by atoms with van der Waals surface area (Å²) in [6.07, 6.45) is 4.54. The van der Waals surface area contributed by atoms with E-state index in [2.05, 4.69) is 20.5 Å². The maximum Gasteiger partial charge on any atom is 0.253 e. The molecule has 0 bridgehead atoms. The molecule has 0 saturated heterocycles. The summed E-state index contributed by atoms with van der Waals surface area (Å²) in [5.74, 6) is 1.54. The number of aromatic nitrogens is 3. The molecule has 0 atom stereocenters. The van der Waals surface area contributed by atoms with E-state index in [4.69, 9.17) is 9.15 Å². The van der Waals surface area contributed by atoms with Gasteiger partial charge >= 0.3 is 0 Å². The molecule has 7 heteroatoms. The van der Waals surface area contributed by atoms with Crippen molar-refractivity contribution in [1.29, 1.82) is 0 Å². The van der Waals surface area contributed by atoms with E-state index in [0.717, 1.165) is 11.3 Å². The monoisotopic (exact) mass is 338 g/mol. The molecule has 2 heterocycles. The van der Waals surface area contributed by atoms with Gasteiger partial charge < -0.3 is 14.5 Å². The molecule has 1 amide bonds. The SMILES string of the molecule is Cc1nnc(COc2ccc(NC(=O)CCc3cccnc3)cc2)o1. The molecule has 0 saturated carbocycles. The van der Waals surface area contributed by atoms with Gasteiger partial charge in [0.05, 0.1) is 0 Å². The normalized spacial score (nSPS) is 10.4. The topological polar surface area (TPSA) is 90.1 Å². The lowest BCUT2D eigenvalue weighted by molar-refractivity contribution is -0.116. The summed E-state index contributed by atoms with van der Waals surface area (Å²) in [6.45, 7) is 1.93. The number of nitrogens with one attached hydrogen (secondary N) is 1. The van der Waals surface area contributed by atoms with E-state index in [-0.39, 0.29) is 12.5 Å². The van der Waals surface area contributed by atoms with Gasteiger partial charge in [0.2, 0.25) is 11.8 Å². The minimum Gasteiger partial charge on any atom is -0.484 e. The van der Waals surface area contributed by atoms with Crippen LogP contribution in [0.15, 0.2) is 53.2 Å². The third-order valence-electron chi connectivity index (χ3n) is 3.43. The number of nitrogens with zero attached hydrogens (tertiary/aromatic N) is 3. The van der Waals surface area contributed by atoms with Gasteiger partial charge in [-0.1, -0.05) is 6.07 Å². The third kappa shape index (κ3) is 5.13. The quantitative estimate of drug-likeness (QED) is 0.712. The third-order valence-corrected chi connectivity index (χ3v) is 3.43. The number of aryl methyl sites for hydroxylation is 2. The van der Waals surface area contributed by atoms with Gasteiger partial charge in [0.15, 0.2) is 6.61 Å². The van der Waals surface area contributed by atoms with Crippen LogP contribution in [0.4, 0.5) is 5.69 Å². The summed E-state index contributed by atoms with van der Waals surface area (Å²) >= 11 is 0. The summed E-state index contributed by atoms with van der Waals surface area (Å²) in [6, 6.07) is 10.9. The lowest BCUT2D eigenvalue weighted by atomic mass is 10.1. The number of hydrogen-bond acceptors (Lipinski definition) is 6. The van der Waals surface area contributed by atoms with Crippen LogP contribution in [0.1, 0.15) is 23.8 Å². The number of rotatable bonds is 7. The molecule has 128 valence electrons.